The van der Waals surface area contributed by atoms with Crippen LogP contribution in [0.25, 0.3) is 0 Å². The number of oxime groups is 1. The van der Waals surface area contributed by atoms with E-state index in [0.29, 0.717) is 25.3 Å². The van der Waals surface area contributed by atoms with Crippen LogP contribution < -0.4 is 5.32 Å². The molecule has 3 aliphatic heterocycles. The van der Waals surface area contributed by atoms with E-state index in [-0.39, 0.29) is 18.3 Å². The minimum Gasteiger partial charge on any atom is -0.376 e. The zero-order chi connectivity index (χ0) is 25.2. The molecule has 1 atom stereocenters. The van der Waals surface area contributed by atoms with Gasteiger partial charge < -0.3 is 19.8 Å². The van der Waals surface area contributed by atoms with Crippen LogP contribution in [0.1, 0.15) is 40.4 Å². The Balaban J connectivity index is 1.36. The van der Waals surface area contributed by atoms with Crippen molar-refractivity contribution in [2.75, 3.05) is 13.2 Å². The molecule has 1 N–H and O–H groups in total. The number of benzene rings is 2. The zero-order valence-electron chi connectivity index (χ0n) is 18.3. The first-order valence-corrected chi connectivity index (χ1v) is 11.4. The predicted octanol–water partition coefficient (Wildman–Crippen LogP) is 5.16. The average molecular weight is 532 g/mol. The van der Waals surface area contributed by atoms with Crippen molar-refractivity contribution in [1.82, 2.24) is 10.2 Å². The molecule has 3 aliphatic rings. The highest BCUT2D eigenvalue weighted by Crippen LogP contribution is 2.50. The van der Waals surface area contributed by atoms with Crippen molar-refractivity contribution in [3.8, 4) is 0 Å². The summed E-state index contributed by atoms with van der Waals surface area (Å²) < 4.78 is 61.7. The number of amides is 1. The number of ether oxygens (including phenoxy) is 1. The van der Waals surface area contributed by atoms with Gasteiger partial charge in [-0.15, -0.1) is 0 Å². The van der Waals surface area contributed by atoms with Crippen LogP contribution in [-0.4, -0.2) is 41.6 Å². The van der Waals surface area contributed by atoms with E-state index in [4.69, 9.17) is 32.8 Å². The molecule has 3 heterocycles. The van der Waals surface area contributed by atoms with Gasteiger partial charge in [0.1, 0.15) is 5.84 Å². The monoisotopic (exact) mass is 531 g/mol. The Labute approximate surface area is 207 Å². The van der Waals surface area contributed by atoms with E-state index in [0.717, 1.165) is 23.3 Å². The molecule has 12 heteroatoms. The molecular weight excluding hydrogens is 513 g/mol. The van der Waals surface area contributed by atoms with Gasteiger partial charge >= 0.3 is 6.18 Å². The minimum absolute atomic E-state index is 0.0697. The van der Waals surface area contributed by atoms with Gasteiger partial charge in [0.15, 0.2) is 5.82 Å². The number of fused-ring (bicyclic) bond motifs is 1. The van der Waals surface area contributed by atoms with Crippen LogP contribution in [0.15, 0.2) is 35.5 Å². The lowest BCUT2D eigenvalue weighted by molar-refractivity contribution is -0.275. The number of nitrogens with one attached hydrogen (secondary N) is 1. The highest BCUT2D eigenvalue weighted by Gasteiger charge is 2.63. The van der Waals surface area contributed by atoms with Crippen LogP contribution in [-0.2, 0) is 28.3 Å². The fourth-order valence-electron chi connectivity index (χ4n) is 4.39. The second-order valence-electron chi connectivity index (χ2n) is 9.20. The van der Waals surface area contributed by atoms with Gasteiger partial charge in [-0.1, -0.05) is 34.4 Å². The third-order valence-corrected chi connectivity index (χ3v) is 6.98. The Morgan fingerprint density at radius 1 is 1.11 bits per heavy atom. The largest absolute Gasteiger partial charge is 0.435 e. The standard InChI is InChI=1S/C23H19Cl2F4N3O3/c1-21(10-34-11-21)30-20(33)12-2-3-13-8-32(9-14(13)4-12)18-7-22(35-31-18,23(27,28)29)15-5-16(24)19(26)17(25)6-15/h2-6H,7-11H2,1H3,(H,30,33). The van der Waals surface area contributed by atoms with Crippen LogP contribution in [0.4, 0.5) is 17.6 Å². The summed E-state index contributed by atoms with van der Waals surface area (Å²) in [7, 11) is 0. The van der Waals surface area contributed by atoms with Gasteiger partial charge in [0.2, 0.25) is 0 Å². The molecule has 0 bridgehead atoms. The van der Waals surface area contributed by atoms with Crippen LogP contribution in [0, 0.1) is 5.82 Å². The summed E-state index contributed by atoms with van der Waals surface area (Å²) >= 11 is 11.5. The van der Waals surface area contributed by atoms with Gasteiger partial charge in [0.25, 0.3) is 11.5 Å². The van der Waals surface area contributed by atoms with E-state index in [2.05, 4.69) is 10.5 Å². The summed E-state index contributed by atoms with van der Waals surface area (Å²) in [4.78, 5) is 19.3. The van der Waals surface area contributed by atoms with E-state index >= 15 is 0 Å². The summed E-state index contributed by atoms with van der Waals surface area (Å²) in [5.41, 5.74) is -1.60. The Kier molecular flexibility index (Phi) is 5.69. The van der Waals surface area contributed by atoms with Crippen LogP contribution in [0.3, 0.4) is 0 Å². The summed E-state index contributed by atoms with van der Waals surface area (Å²) in [6.07, 6.45) is -5.53. The smallest absolute Gasteiger partial charge is 0.376 e. The van der Waals surface area contributed by atoms with E-state index in [9.17, 15) is 22.4 Å². The molecule has 0 saturated carbocycles. The van der Waals surface area contributed by atoms with Gasteiger partial charge in [-0.2, -0.15) is 13.2 Å². The third-order valence-electron chi connectivity index (χ3n) is 6.43. The van der Waals surface area contributed by atoms with Gasteiger partial charge in [-0.05, 0) is 42.3 Å². The number of hydrogen-bond acceptors (Lipinski definition) is 5. The highest BCUT2D eigenvalue weighted by molar-refractivity contribution is 6.35. The maximum Gasteiger partial charge on any atom is 0.435 e. The fourth-order valence-corrected chi connectivity index (χ4v) is 4.88. The number of carbonyl (C=O) groups excluding carboxylic acids is 1. The second kappa shape index (κ2) is 8.25. The van der Waals surface area contributed by atoms with Crippen molar-refractivity contribution < 1.29 is 31.9 Å². The van der Waals surface area contributed by atoms with Crippen molar-refractivity contribution >= 4 is 34.9 Å². The number of halogens is 6. The normalized spacial score (nSPS) is 22.8. The van der Waals surface area contributed by atoms with Gasteiger partial charge in [0.05, 0.1) is 35.2 Å². The maximum atomic E-state index is 14.2. The van der Waals surface area contributed by atoms with Gasteiger partial charge in [-0.3, -0.25) is 4.79 Å². The first-order chi connectivity index (χ1) is 16.4. The Morgan fingerprint density at radius 3 is 2.37 bits per heavy atom. The maximum absolute atomic E-state index is 14.2. The van der Waals surface area contributed by atoms with Crippen LogP contribution in [0.2, 0.25) is 10.0 Å². The van der Waals surface area contributed by atoms with Gasteiger partial charge in [0, 0.05) is 24.2 Å². The lowest BCUT2D eigenvalue weighted by atomic mass is 9.89. The topological polar surface area (TPSA) is 63.2 Å². The predicted molar refractivity (Wildman–Crippen MR) is 120 cm³/mol. The van der Waals surface area contributed by atoms with E-state index in [1.54, 1.807) is 23.1 Å². The quantitative estimate of drug-likeness (QED) is 0.439. The second-order valence-corrected chi connectivity index (χ2v) is 10.0. The molecule has 2 aromatic carbocycles. The van der Waals surface area contributed by atoms with Crippen LogP contribution >= 0.6 is 23.2 Å². The van der Waals surface area contributed by atoms with Crippen molar-refractivity contribution in [3.05, 3.63) is 68.4 Å². The van der Waals surface area contributed by atoms with Crippen molar-refractivity contribution in [1.29, 1.82) is 0 Å². The van der Waals surface area contributed by atoms with Crippen molar-refractivity contribution in [2.24, 2.45) is 5.16 Å². The number of alkyl halides is 3. The van der Waals surface area contributed by atoms with Crippen molar-refractivity contribution in [2.45, 2.75) is 43.8 Å². The van der Waals surface area contributed by atoms with E-state index in [1.165, 1.54) is 0 Å². The van der Waals surface area contributed by atoms with E-state index < -0.39 is 45.2 Å². The zero-order valence-corrected chi connectivity index (χ0v) is 19.8. The lowest BCUT2D eigenvalue weighted by Gasteiger charge is -2.38. The molecule has 1 amide bonds. The number of hydrogen-bond donors (Lipinski definition) is 1. The molecular formula is C23H19Cl2F4N3O3. The highest BCUT2D eigenvalue weighted by atomic mass is 35.5. The summed E-state index contributed by atoms with van der Waals surface area (Å²) in [5, 5.41) is 5.59. The molecule has 0 aliphatic carbocycles. The Bertz CT molecular complexity index is 1230. The molecule has 2 aromatic rings. The Morgan fingerprint density at radius 2 is 1.77 bits per heavy atom. The van der Waals surface area contributed by atoms with E-state index in [1.807, 2.05) is 6.92 Å². The molecule has 0 radical (unpaired) electrons. The van der Waals surface area contributed by atoms with Gasteiger partial charge in [-0.25, -0.2) is 4.39 Å². The molecule has 1 fully saturated rings. The fraction of sp³-hybridized carbons (Fsp3) is 0.391. The number of amidine groups is 1. The molecule has 1 unspecified atom stereocenters. The number of rotatable bonds is 3. The average Bonchev–Trinajstić information content (AvgIpc) is 3.40. The molecule has 35 heavy (non-hydrogen) atoms. The molecule has 6 nitrogen and oxygen atoms in total. The SMILES string of the molecule is CC1(NC(=O)c2ccc3c(c2)CN(C2=NOC(c4cc(Cl)c(F)c(Cl)c4)(C(F)(F)F)C2)C3)COC1. The minimum atomic E-state index is -4.89. The van der Waals surface area contributed by atoms with Crippen LogP contribution in [0.5, 0.6) is 0 Å². The molecule has 186 valence electrons. The summed E-state index contributed by atoms with van der Waals surface area (Å²) in [6, 6.07) is 6.88. The molecule has 5 rings (SSSR count). The number of carbonyl (C=O) groups is 1. The molecule has 0 spiro atoms. The first-order valence-electron chi connectivity index (χ1n) is 10.6. The lowest BCUT2D eigenvalue weighted by Crippen LogP contribution is -2.59. The van der Waals surface area contributed by atoms with Crippen molar-refractivity contribution in [3.63, 3.8) is 0 Å². The molecule has 0 aromatic heterocycles. The summed E-state index contributed by atoms with van der Waals surface area (Å²) in [5.74, 6) is -1.19. The Hall–Kier alpha value is -2.56. The first kappa shape index (κ1) is 24.1. The summed E-state index contributed by atoms with van der Waals surface area (Å²) in [6.45, 7) is 3.29. The molecule has 1 saturated heterocycles. The third kappa shape index (κ3) is 4.11. The number of nitrogens with zero attached hydrogens (tertiary/aromatic N) is 2.